The molecule has 73 heavy (non-hydrogen) atoms. The molecule has 0 fully saturated rings. The average Bonchev–Trinajstić information content (AvgIpc) is 4.07. The van der Waals surface area contributed by atoms with E-state index in [1.165, 1.54) is 99.3 Å². The lowest BCUT2D eigenvalue weighted by atomic mass is 9.70. The van der Waals surface area contributed by atoms with Crippen LogP contribution in [0.1, 0.15) is 22.3 Å². The van der Waals surface area contributed by atoms with Crippen molar-refractivity contribution in [2.24, 2.45) is 0 Å². The highest BCUT2D eigenvalue weighted by Crippen LogP contribution is 2.63. The smallest absolute Gasteiger partial charge is 0.0726 e. The van der Waals surface area contributed by atoms with Crippen LogP contribution in [0, 0.1) is 0 Å². The minimum atomic E-state index is -0.467. The number of aromatic nitrogens is 1. The van der Waals surface area contributed by atoms with Gasteiger partial charge in [-0.3, -0.25) is 0 Å². The fourth-order valence-electron chi connectivity index (χ4n) is 12.6. The molecule has 15 rings (SSSR count). The molecular formula is C71H46N2. The Hall–Kier alpha value is -9.50. The van der Waals surface area contributed by atoms with Crippen LogP contribution in [0.4, 0.5) is 17.1 Å². The van der Waals surface area contributed by atoms with Crippen LogP contribution in [0.15, 0.2) is 279 Å². The molecule has 0 N–H and O–H groups in total. The van der Waals surface area contributed by atoms with Gasteiger partial charge < -0.3 is 9.47 Å². The molecule has 0 bridgehead atoms. The molecule has 1 heterocycles. The van der Waals surface area contributed by atoms with Crippen LogP contribution in [0.2, 0.25) is 0 Å². The summed E-state index contributed by atoms with van der Waals surface area (Å²) in [5.41, 5.74) is 23.9. The van der Waals surface area contributed by atoms with Crippen molar-refractivity contribution in [3.8, 4) is 61.3 Å². The molecule has 0 saturated carbocycles. The van der Waals surface area contributed by atoms with Gasteiger partial charge in [0.25, 0.3) is 0 Å². The van der Waals surface area contributed by atoms with Gasteiger partial charge in [0.05, 0.1) is 22.1 Å². The molecule has 12 aromatic carbocycles. The van der Waals surface area contributed by atoms with Gasteiger partial charge in [0.2, 0.25) is 0 Å². The number of rotatable bonds is 7. The zero-order valence-corrected chi connectivity index (χ0v) is 40.0. The van der Waals surface area contributed by atoms with Crippen LogP contribution >= 0.6 is 0 Å². The van der Waals surface area contributed by atoms with Crippen LogP contribution in [-0.2, 0) is 5.41 Å². The number of nitrogens with zero attached hydrogens (tertiary/aromatic N) is 2. The lowest BCUT2D eigenvalue weighted by molar-refractivity contribution is 0.793. The molecule has 0 atom stereocenters. The molecule has 1 aromatic heterocycles. The summed E-state index contributed by atoms with van der Waals surface area (Å²) >= 11 is 0. The predicted molar refractivity (Wildman–Crippen MR) is 306 cm³/mol. The number of para-hydroxylation sites is 2. The Balaban J connectivity index is 0.941. The van der Waals surface area contributed by atoms with Gasteiger partial charge in [0.15, 0.2) is 0 Å². The monoisotopic (exact) mass is 926 g/mol. The number of hydrogen-bond donors (Lipinski definition) is 0. The lowest BCUT2D eigenvalue weighted by Gasteiger charge is -2.32. The first-order valence-corrected chi connectivity index (χ1v) is 25.3. The van der Waals surface area contributed by atoms with Crippen molar-refractivity contribution < 1.29 is 0 Å². The second-order valence-corrected chi connectivity index (χ2v) is 19.6. The van der Waals surface area contributed by atoms with Gasteiger partial charge in [-0.25, -0.2) is 0 Å². The minimum Gasteiger partial charge on any atom is -0.310 e. The number of benzene rings is 12. The summed E-state index contributed by atoms with van der Waals surface area (Å²) < 4.78 is 2.46. The summed E-state index contributed by atoms with van der Waals surface area (Å²) in [6, 6.07) is 104. The van der Waals surface area contributed by atoms with Crippen molar-refractivity contribution >= 4 is 49.6 Å². The highest BCUT2D eigenvalue weighted by molar-refractivity contribution is 6.11. The first-order valence-electron chi connectivity index (χ1n) is 25.3. The zero-order chi connectivity index (χ0) is 48.0. The summed E-state index contributed by atoms with van der Waals surface area (Å²) in [5.74, 6) is 0. The molecule has 0 aliphatic heterocycles. The Morgan fingerprint density at radius 3 is 1.45 bits per heavy atom. The van der Waals surface area contributed by atoms with Gasteiger partial charge >= 0.3 is 0 Å². The van der Waals surface area contributed by atoms with Gasteiger partial charge in [-0.15, -0.1) is 0 Å². The molecule has 2 aliphatic carbocycles. The van der Waals surface area contributed by atoms with E-state index >= 15 is 0 Å². The maximum atomic E-state index is 2.50. The highest BCUT2D eigenvalue weighted by Gasteiger charge is 2.51. The van der Waals surface area contributed by atoms with Crippen molar-refractivity contribution in [2.75, 3.05) is 4.90 Å². The third kappa shape index (κ3) is 6.24. The molecule has 1 spiro atoms. The van der Waals surface area contributed by atoms with Gasteiger partial charge in [-0.2, -0.15) is 0 Å². The normalized spacial score (nSPS) is 12.8. The largest absolute Gasteiger partial charge is 0.310 e. The third-order valence-electron chi connectivity index (χ3n) is 15.7. The van der Waals surface area contributed by atoms with E-state index in [-0.39, 0.29) is 0 Å². The second-order valence-electron chi connectivity index (χ2n) is 19.6. The molecule has 0 unspecified atom stereocenters. The standard InChI is InChI=1S/C71H46N2/c1-3-19-47(20-4-1)52-41-53(48-21-5-2-6-22-48)44-56(43-52)73-69-34-18-13-29-62(69)63-45-51(36-40-70(63)73)57-25-12-17-33-68(57)72(54-37-35-49-23-7-8-24-50(49)42-54)55-38-39-61-60-28-11-16-32-66(60)71(67(61)46-55)64-30-14-9-26-58(64)59-27-10-15-31-65(59)71/h1-46H. The highest BCUT2D eigenvalue weighted by atomic mass is 15.1. The second kappa shape index (κ2) is 16.3. The van der Waals surface area contributed by atoms with Gasteiger partial charge in [0, 0.05) is 33.4 Å². The van der Waals surface area contributed by atoms with Crippen molar-refractivity contribution in [1.29, 1.82) is 0 Å². The van der Waals surface area contributed by atoms with E-state index in [1.807, 2.05) is 0 Å². The van der Waals surface area contributed by atoms with Gasteiger partial charge in [0.1, 0.15) is 0 Å². The molecular weight excluding hydrogens is 881 g/mol. The first-order chi connectivity index (χ1) is 36.2. The van der Waals surface area contributed by atoms with Gasteiger partial charge in [-0.1, -0.05) is 212 Å². The van der Waals surface area contributed by atoms with Crippen molar-refractivity contribution in [3.05, 3.63) is 301 Å². The molecule has 13 aromatic rings. The Morgan fingerprint density at radius 2 is 0.781 bits per heavy atom. The Labute approximate surface area is 425 Å². The van der Waals surface area contributed by atoms with Crippen molar-refractivity contribution in [2.45, 2.75) is 5.41 Å². The molecule has 2 heteroatoms. The quantitative estimate of drug-likeness (QED) is 0.155. The van der Waals surface area contributed by atoms with Crippen LogP contribution in [0.3, 0.4) is 0 Å². The molecule has 0 radical (unpaired) electrons. The number of hydrogen-bond acceptors (Lipinski definition) is 1. The Bertz CT molecular complexity index is 4210. The Morgan fingerprint density at radius 1 is 0.274 bits per heavy atom. The molecule has 2 nitrogen and oxygen atoms in total. The lowest BCUT2D eigenvalue weighted by Crippen LogP contribution is -2.26. The molecule has 2 aliphatic rings. The van der Waals surface area contributed by atoms with E-state index in [4.69, 9.17) is 0 Å². The van der Waals surface area contributed by atoms with E-state index in [2.05, 4.69) is 289 Å². The summed E-state index contributed by atoms with van der Waals surface area (Å²) in [5, 5.41) is 4.85. The minimum absolute atomic E-state index is 0.467. The fraction of sp³-hybridized carbons (Fsp3) is 0.0141. The van der Waals surface area contributed by atoms with Gasteiger partial charge in [-0.05, 0) is 150 Å². The van der Waals surface area contributed by atoms with Crippen molar-refractivity contribution in [3.63, 3.8) is 0 Å². The van der Waals surface area contributed by atoms with E-state index in [9.17, 15) is 0 Å². The number of fused-ring (bicyclic) bond motifs is 14. The fourth-order valence-corrected chi connectivity index (χ4v) is 12.6. The average molecular weight is 927 g/mol. The summed E-state index contributed by atoms with van der Waals surface area (Å²) in [6.07, 6.45) is 0. The van der Waals surface area contributed by atoms with Crippen LogP contribution < -0.4 is 4.90 Å². The SMILES string of the molecule is c1ccc(-c2cc(-c3ccccc3)cc(-n3c4ccccc4c4cc(-c5ccccc5N(c5ccc6c(c5)C5(c7ccccc7-c7ccccc75)c5ccccc5-6)c5ccc6ccccc6c5)ccc43)c2)cc1. The van der Waals surface area contributed by atoms with E-state index in [1.54, 1.807) is 0 Å². The topological polar surface area (TPSA) is 8.17 Å². The Kier molecular flexibility index (Phi) is 9.21. The summed E-state index contributed by atoms with van der Waals surface area (Å²) in [4.78, 5) is 2.50. The van der Waals surface area contributed by atoms with Crippen LogP contribution in [0.5, 0.6) is 0 Å². The van der Waals surface area contributed by atoms with E-state index < -0.39 is 5.41 Å². The van der Waals surface area contributed by atoms with Crippen molar-refractivity contribution in [1.82, 2.24) is 4.57 Å². The predicted octanol–water partition coefficient (Wildman–Crippen LogP) is 18.8. The molecule has 340 valence electrons. The van der Waals surface area contributed by atoms with E-state index in [0.29, 0.717) is 0 Å². The third-order valence-corrected chi connectivity index (χ3v) is 15.7. The zero-order valence-electron chi connectivity index (χ0n) is 40.0. The maximum Gasteiger partial charge on any atom is 0.0726 e. The number of anilines is 3. The first kappa shape index (κ1) is 41.3. The van der Waals surface area contributed by atoms with Crippen LogP contribution in [0.25, 0.3) is 93.9 Å². The molecule has 0 amide bonds. The summed E-state index contributed by atoms with van der Waals surface area (Å²) in [7, 11) is 0. The molecule has 0 saturated heterocycles. The maximum absolute atomic E-state index is 2.50. The van der Waals surface area contributed by atoms with Crippen LogP contribution in [-0.4, -0.2) is 4.57 Å². The summed E-state index contributed by atoms with van der Waals surface area (Å²) in [6.45, 7) is 0. The van der Waals surface area contributed by atoms with E-state index in [0.717, 1.165) is 33.9 Å².